The minimum atomic E-state index is -0.605. The Kier molecular flexibility index (Phi) is 2.83. The van der Waals surface area contributed by atoms with Crippen LogP contribution in [0.3, 0.4) is 0 Å². The maximum atomic E-state index is 12.4. The lowest BCUT2D eigenvalue weighted by molar-refractivity contribution is -0.132. The Hall–Kier alpha value is -1.06. The fourth-order valence-corrected chi connectivity index (χ4v) is 3.45. The van der Waals surface area contributed by atoms with Gasteiger partial charge in [0.05, 0.1) is 0 Å². The van der Waals surface area contributed by atoms with Gasteiger partial charge in [-0.3, -0.25) is 9.69 Å². The number of nitrogens with zero attached hydrogens (tertiary/aromatic N) is 1. The summed E-state index contributed by atoms with van der Waals surface area (Å²) < 4.78 is 0. The van der Waals surface area contributed by atoms with E-state index in [0.29, 0.717) is 18.4 Å². The van der Waals surface area contributed by atoms with Crippen LogP contribution in [-0.2, 0) is 4.79 Å². The quantitative estimate of drug-likeness (QED) is 0.781. The highest BCUT2D eigenvalue weighted by atomic mass is 16.2. The third-order valence-electron chi connectivity index (χ3n) is 4.86. The summed E-state index contributed by atoms with van der Waals surface area (Å²) in [5, 5.41) is 2.92. The topological polar surface area (TPSA) is 49.4 Å². The van der Waals surface area contributed by atoms with Crippen molar-refractivity contribution in [1.82, 2.24) is 10.2 Å². The Morgan fingerprint density at radius 1 is 1.17 bits per heavy atom. The van der Waals surface area contributed by atoms with Gasteiger partial charge < -0.3 is 5.32 Å². The molecule has 1 N–H and O–H groups in total. The molecule has 1 atom stereocenters. The molecule has 0 aromatic heterocycles. The van der Waals surface area contributed by atoms with Gasteiger partial charge >= 0.3 is 6.03 Å². The zero-order chi connectivity index (χ0) is 12.8. The zero-order valence-electron chi connectivity index (χ0n) is 11.1. The van der Waals surface area contributed by atoms with Crippen LogP contribution < -0.4 is 5.32 Å². The second-order valence-corrected chi connectivity index (χ2v) is 6.33. The fourth-order valence-electron chi connectivity index (χ4n) is 3.45. The monoisotopic (exact) mass is 250 g/mol. The summed E-state index contributed by atoms with van der Waals surface area (Å²) in [6, 6.07) is -0.167. The minimum Gasteiger partial charge on any atom is -0.323 e. The average molecular weight is 250 g/mol. The summed E-state index contributed by atoms with van der Waals surface area (Å²) in [6.45, 7) is 2.53. The van der Waals surface area contributed by atoms with Crippen LogP contribution in [0, 0.1) is 11.8 Å². The highest BCUT2D eigenvalue weighted by molar-refractivity contribution is 6.07. The van der Waals surface area contributed by atoms with Crippen LogP contribution in [0.5, 0.6) is 0 Å². The van der Waals surface area contributed by atoms with Gasteiger partial charge in [0.1, 0.15) is 5.54 Å². The summed E-state index contributed by atoms with van der Waals surface area (Å²) in [7, 11) is 0. The summed E-state index contributed by atoms with van der Waals surface area (Å²) in [6.07, 6.45) is 8.26. The Balaban J connectivity index is 1.68. The number of carbonyl (C=O) groups is 2. The van der Waals surface area contributed by atoms with E-state index in [1.54, 1.807) is 0 Å². The summed E-state index contributed by atoms with van der Waals surface area (Å²) in [5.41, 5.74) is -0.605. The van der Waals surface area contributed by atoms with Gasteiger partial charge in [0.25, 0.3) is 5.91 Å². The SMILES string of the molecule is CC1(C2CC2)NC(=O)N(CC2CCCCC2)C1=O. The van der Waals surface area contributed by atoms with E-state index in [4.69, 9.17) is 0 Å². The maximum Gasteiger partial charge on any atom is 0.325 e. The Labute approximate surface area is 108 Å². The molecule has 4 heteroatoms. The molecule has 3 fully saturated rings. The van der Waals surface area contributed by atoms with Gasteiger partial charge in [0, 0.05) is 6.54 Å². The van der Waals surface area contributed by atoms with Gasteiger partial charge in [-0.2, -0.15) is 0 Å². The molecule has 4 nitrogen and oxygen atoms in total. The highest BCUT2D eigenvalue weighted by Crippen LogP contribution is 2.43. The van der Waals surface area contributed by atoms with Gasteiger partial charge in [-0.25, -0.2) is 4.79 Å². The zero-order valence-corrected chi connectivity index (χ0v) is 11.1. The molecule has 100 valence electrons. The molecule has 1 saturated heterocycles. The van der Waals surface area contributed by atoms with E-state index in [0.717, 1.165) is 25.7 Å². The third-order valence-corrected chi connectivity index (χ3v) is 4.86. The summed E-state index contributed by atoms with van der Waals surface area (Å²) in [4.78, 5) is 25.9. The number of imide groups is 1. The normalized spacial score (nSPS) is 33.9. The van der Waals surface area contributed by atoms with E-state index in [1.807, 2.05) is 6.92 Å². The lowest BCUT2D eigenvalue weighted by Crippen LogP contribution is -2.46. The first-order valence-electron chi connectivity index (χ1n) is 7.25. The van der Waals surface area contributed by atoms with Gasteiger partial charge in [-0.15, -0.1) is 0 Å². The van der Waals surface area contributed by atoms with Gasteiger partial charge in [-0.1, -0.05) is 19.3 Å². The van der Waals surface area contributed by atoms with Crippen molar-refractivity contribution in [2.24, 2.45) is 11.8 Å². The number of carbonyl (C=O) groups excluding carboxylic acids is 2. The predicted molar refractivity (Wildman–Crippen MR) is 67.9 cm³/mol. The molecule has 3 aliphatic rings. The first kappa shape index (κ1) is 12.0. The van der Waals surface area contributed by atoms with Crippen LogP contribution >= 0.6 is 0 Å². The Bertz CT molecular complexity index is 372. The van der Waals surface area contributed by atoms with Crippen molar-refractivity contribution in [3.63, 3.8) is 0 Å². The summed E-state index contributed by atoms with van der Waals surface area (Å²) in [5.74, 6) is 0.904. The highest BCUT2D eigenvalue weighted by Gasteiger charge is 2.56. The van der Waals surface area contributed by atoms with Crippen LogP contribution in [0.25, 0.3) is 0 Å². The maximum absolute atomic E-state index is 12.4. The van der Waals surface area contributed by atoms with E-state index in [1.165, 1.54) is 24.2 Å². The molecule has 1 aliphatic heterocycles. The van der Waals surface area contributed by atoms with Crippen LogP contribution in [-0.4, -0.2) is 28.9 Å². The van der Waals surface area contributed by atoms with Crippen molar-refractivity contribution in [2.75, 3.05) is 6.54 Å². The van der Waals surface area contributed by atoms with Gasteiger partial charge in [0.15, 0.2) is 0 Å². The van der Waals surface area contributed by atoms with Crippen LogP contribution in [0.2, 0.25) is 0 Å². The van der Waals surface area contributed by atoms with Crippen molar-refractivity contribution in [3.8, 4) is 0 Å². The molecule has 0 aromatic carbocycles. The predicted octanol–water partition coefficient (Wildman–Crippen LogP) is 2.29. The molecule has 3 rings (SSSR count). The summed E-state index contributed by atoms with van der Waals surface area (Å²) >= 11 is 0. The van der Waals surface area contributed by atoms with Crippen molar-refractivity contribution in [1.29, 1.82) is 0 Å². The molecule has 3 amide bonds. The smallest absolute Gasteiger partial charge is 0.323 e. The molecule has 1 heterocycles. The standard InChI is InChI=1S/C14H22N2O2/c1-14(11-7-8-11)12(17)16(13(18)15-14)9-10-5-3-2-4-6-10/h10-11H,2-9H2,1H3,(H,15,18). The molecule has 0 spiro atoms. The number of nitrogens with one attached hydrogen (secondary N) is 1. The Morgan fingerprint density at radius 3 is 2.44 bits per heavy atom. The van der Waals surface area contributed by atoms with Crippen molar-refractivity contribution in [3.05, 3.63) is 0 Å². The Morgan fingerprint density at radius 2 is 1.83 bits per heavy atom. The van der Waals surface area contributed by atoms with Gasteiger partial charge in [-0.05, 0) is 44.4 Å². The van der Waals surface area contributed by atoms with Crippen molar-refractivity contribution >= 4 is 11.9 Å². The molecule has 0 bridgehead atoms. The van der Waals surface area contributed by atoms with Crippen LogP contribution in [0.4, 0.5) is 4.79 Å². The number of amides is 3. The largest absolute Gasteiger partial charge is 0.325 e. The van der Waals surface area contributed by atoms with Crippen molar-refractivity contribution in [2.45, 2.75) is 57.4 Å². The fraction of sp³-hybridized carbons (Fsp3) is 0.857. The number of hydrogen-bond donors (Lipinski definition) is 1. The molecule has 1 unspecified atom stereocenters. The molecule has 2 saturated carbocycles. The molecular formula is C14H22N2O2. The van der Waals surface area contributed by atoms with Crippen molar-refractivity contribution < 1.29 is 9.59 Å². The third kappa shape index (κ3) is 1.91. The second kappa shape index (κ2) is 4.25. The van der Waals surface area contributed by atoms with Crippen LogP contribution in [0.15, 0.2) is 0 Å². The van der Waals surface area contributed by atoms with E-state index in [9.17, 15) is 9.59 Å². The van der Waals surface area contributed by atoms with E-state index < -0.39 is 5.54 Å². The molecular weight excluding hydrogens is 228 g/mol. The first-order valence-corrected chi connectivity index (χ1v) is 7.25. The molecule has 18 heavy (non-hydrogen) atoms. The van der Waals surface area contributed by atoms with Gasteiger partial charge in [0.2, 0.25) is 0 Å². The molecule has 0 aromatic rings. The van der Waals surface area contributed by atoms with E-state index >= 15 is 0 Å². The molecule has 2 aliphatic carbocycles. The number of urea groups is 1. The average Bonchev–Trinajstić information content (AvgIpc) is 3.17. The minimum absolute atomic E-state index is 0.0144. The first-order chi connectivity index (χ1) is 8.61. The van der Waals surface area contributed by atoms with E-state index in [-0.39, 0.29) is 11.9 Å². The van der Waals surface area contributed by atoms with Crippen LogP contribution in [0.1, 0.15) is 51.9 Å². The lowest BCUT2D eigenvalue weighted by Gasteiger charge is -2.26. The number of hydrogen-bond acceptors (Lipinski definition) is 2. The molecule has 0 radical (unpaired) electrons. The lowest BCUT2D eigenvalue weighted by atomic mass is 9.88. The number of rotatable bonds is 3. The van der Waals surface area contributed by atoms with E-state index in [2.05, 4.69) is 5.32 Å². The second-order valence-electron chi connectivity index (χ2n) is 6.33.